The molecule has 1 aliphatic carbocycles. The number of halogens is 2. The van der Waals surface area contributed by atoms with Crippen molar-refractivity contribution < 1.29 is 5.76 Å². The van der Waals surface area contributed by atoms with Gasteiger partial charge in [-0.05, 0) is 48.1 Å². The summed E-state index contributed by atoms with van der Waals surface area (Å²) in [6, 6.07) is 10.5. The maximum absolute atomic E-state index is 13.8. The number of benzene rings is 2. The Hall–Kier alpha value is -3.63. The zero-order chi connectivity index (χ0) is 26.4. The van der Waals surface area contributed by atoms with Crippen LogP contribution in [0.2, 0.25) is 5.02 Å². The van der Waals surface area contributed by atoms with Crippen LogP contribution in [0.1, 0.15) is 63.9 Å². The maximum Gasteiger partial charge on any atom is 0.123 e. The van der Waals surface area contributed by atoms with Crippen molar-refractivity contribution in [1.82, 2.24) is 14.5 Å². The Kier molecular flexibility index (Phi) is 5.98. The van der Waals surface area contributed by atoms with Crippen molar-refractivity contribution in [2.45, 2.75) is 45.7 Å². The fraction of sp³-hybridized carbons (Fsp3) is 0.321. The molecule has 2 aromatic heterocycles. The van der Waals surface area contributed by atoms with Gasteiger partial charge in [-0.3, -0.25) is 4.98 Å². The van der Waals surface area contributed by atoms with Gasteiger partial charge in [0.1, 0.15) is 11.9 Å². The van der Waals surface area contributed by atoms with Crippen molar-refractivity contribution in [2.75, 3.05) is 17.2 Å². The first kappa shape index (κ1) is 22.8. The van der Waals surface area contributed by atoms with Gasteiger partial charge in [0, 0.05) is 36.1 Å². The van der Waals surface area contributed by atoms with E-state index in [1.54, 1.807) is 24.5 Å². The molecule has 0 radical (unpaired) electrons. The Bertz CT molecular complexity index is 1500. The van der Waals surface area contributed by atoms with Gasteiger partial charge in [-0.1, -0.05) is 44.5 Å². The third-order valence-electron chi connectivity index (χ3n) is 6.07. The van der Waals surface area contributed by atoms with Crippen LogP contribution < -0.4 is 10.6 Å². The molecule has 0 bridgehead atoms. The summed E-state index contributed by atoms with van der Waals surface area (Å²) in [6.07, 6.45) is 7.30. The van der Waals surface area contributed by atoms with Gasteiger partial charge in [-0.2, -0.15) is 5.26 Å². The number of nitriles is 1. The minimum atomic E-state index is -1.52. The fourth-order valence-electron chi connectivity index (χ4n) is 4.04. The second-order valence-corrected chi connectivity index (χ2v) is 10.8. The van der Waals surface area contributed by atoms with Gasteiger partial charge in [0.25, 0.3) is 0 Å². The average molecular weight is 504 g/mol. The Labute approximate surface area is 216 Å². The number of hydrogen-bond donors (Lipinski definition) is 2. The predicted molar refractivity (Wildman–Crippen MR) is 142 cm³/mol. The molecular weight excluding hydrogens is 475 g/mol. The third-order valence-corrected chi connectivity index (χ3v) is 6.36. The number of nitrogens with zero attached hydrogens (tertiary/aromatic N) is 4. The molecule has 36 heavy (non-hydrogen) atoms. The lowest BCUT2D eigenvalue weighted by molar-refractivity contribution is 0.443. The number of pyridine rings is 1. The first-order chi connectivity index (χ1) is 17.6. The van der Waals surface area contributed by atoms with E-state index in [9.17, 15) is 11.0 Å². The van der Waals surface area contributed by atoms with Crippen LogP contribution in [0.4, 0.5) is 15.8 Å². The van der Waals surface area contributed by atoms with Crippen LogP contribution in [0.15, 0.2) is 55.1 Å². The zero-order valence-electron chi connectivity index (χ0n) is 21.4. The summed E-state index contributed by atoms with van der Waals surface area (Å²) < 4.78 is 25.3. The summed E-state index contributed by atoms with van der Waals surface area (Å²) in [7, 11) is 0. The molecule has 2 heterocycles. The lowest BCUT2D eigenvalue weighted by Crippen LogP contribution is -2.20. The maximum atomic E-state index is 13.8. The van der Waals surface area contributed by atoms with Gasteiger partial charge >= 0.3 is 0 Å². The molecule has 1 saturated carbocycles. The van der Waals surface area contributed by atoms with Crippen LogP contribution in [0, 0.1) is 22.6 Å². The topological polar surface area (TPSA) is 78.6 Å². The largest absolute Gasteiger partial charge is 0.383 e. The van der Waals surface area contributed by atoms with Gasteiger partial charge in [0.2, 0.25) is 0 Å². The number of imidazole rings is 1. The molecule has 1 aliphatic rings. The fourth-order valence-corrected chi connectivity index (χ4v) is 4.31. The first-order valence-corrected chi connectivity index (χ1v) is 12.3. The molecule has 0 saturated heterocycles. The van der Waals surface area contributed by atoms with Gasteiger partial charge in [0.15, 0.2) is 0 Å². The predicted octanol–water partition coefficient (Wildman–Crippen LogP) is 7.09. The molecular formula is C28H28ClFN6. The summed E-state index contributed by atoms with van der Waals surface area (Å²) in [5.74, 6) is -0.381. The normalized spacial score (nSPS) is 15.7. The Balaban J connectivity index is 1.62. The Morgan fingerprint density at radius 2 is 2.00 bits per heavy atom. The van der Waals surface area contributed by atoms with Crippen molar-refractivity contribution in [1.29, 1.82) is 5.26 Å². The van der Waals surface area contributed by atoms with Crippen molar-refractivity contribution >= 4 is 33.9 Å². The smallest absolute Gasteiger partial charge is 0.123 e. The van der Waals surface area contributed by atoms with Gasteiger partial charge in [-0.15, -0.1) is 0 Å². The van der Waals surface area contributed by atoms with Gasteiger partial charge < -0.3 is 15.2 Å². The van der Waals surface area contributed by atoms with E-state index in [2.05, 4.69) is 47.4 Å². The molecule has 6 nitrogen and oxygen atoms in total. The van der Waals surface area contributed by atoms with E-state index in [-0.39, 0.29) is 11.2 Å². The van der Waals surface area contributed by atoms with Crippen LogP contribution in [-0.2, 0) is 0 Å². The van der Waals surface area contributed by atoms with E-state index in [0.29, 0.717) is 56.7 Å². The van der Waals surface area contributed by atoms with Crippen molar-refractivity contribution in [3.8, 4) is 6.07 Å². The molecule has 1 atom stereocenters. The van der Waals surface area contributed by atoms with Gasteiger partial charge in [0.05, 0.1) is 41.2 Å². The van der Waals surface area contributed by atoms with Crippen molar-refractivity contribution in [3.05, 3.63) is 82.8 Å². The molecule has 4 aromatic rings. The summed E-state index contributed by atoms with van der Waals surface area (Å²) in [6.45, 7) is 6.94. The average Bonchev–Trinajstić information content (AvgIpc) is 3.58. The first-order valence-electron chi connectivity index (χ1n) is 12.4. The second-order valence-electron chi connectivity index (χ2n) is 10.4. The van der Waals surface area contributed by atoms with Crippen LogP contribution in [0.5, 0.6) is 0 Å². The lowest BCUT2D eigenvalue weighted by Gasteiger charge is -2.22. The summed E-state index contributed by atoms with van der Waals surface area (Å²) in [5.41, 5.74) is 3.14. The zero-order valence-corrected chi connectivity index (χ0v) is 21.2. The monoisotopic (exact) mass is 503 g/mol. The minimum Gasteiger partial charge on any atom is -0.383 e. The van der Waals surface area contributed by atoms with E-state index < -0.39 is 6.02 Å². The van der Waals surface area contributed by atoms with Crippen molar-refractivity contribution in [2.24, 2.45) is 5.41 Å². The summed E-state index contributed by atoms with van der Waals surface area (Å²) in [5, 5.41) is 17.5. The van der Waals surface area contributed by atoms with E-state index in [1.165, 1.54) is 18.3 Å². The number of anilines is 2. The molecule has 8 heteroatoms. The summed E-state index contributed by atoms with van der Waals surface area (Å²) in [4.78, 5) is 8.97. The minimum absolute atomic E-state index is 0.0265. The van der Waals surface area contributed by atoms with E-state index >= 15 is 0 Å². The van der Waals surface area contributed by atoms with Gasteiger partial charge in [-0.25, -0.2) is 9.37 Å². The highest BCUT2D eigenvalue weighted by molar-refractivity contribution is 6.35. The molecule has 2 N–H and O–H groups in total. The second kappa shape index (κ2) is 9.44. The van der Waals surface area contributed by atoms with E-state index in [1.807, 2.05) is 16.8 Å². The quantitative estimate of drug-likeness (QED) is 0.281. The van der Waals surface area contributed by atoms with E-state index in [0.717, 1.165) is 12.8 Å². The highest BCUT2D eigenvalue weighted by Gasteiger charge is 2.26. The SMILES string of the molecule is [2H][C@@](Nc1cc(Cl)c2ncc(C#N)c(NCC(C)(C)C)c2c1)(c1ccc(F)cc1)c1cn(C2CC2)cn1. The summed E-state index contributed by atoms with van der Waals surface area (Å²) >= 11 is 6.67. The Morgan fingerprint density at radius 3 is 2.67 bits per heavy atom. The molecule has 184 valence electrons. The van der Waals surface area contributed by atoms with Crippen LogP contribution in [0.25, 0.3) is 10.9 Å². The molecule has 0 aliphatic heterocycles. The van der Waals surface area contributed by atoms with Crippen LogP contribution >= 0.6 is 11.6 Å². The van der Waals surface area contributed by atoms with Crippen LogP contribution in [0.3, 0.4) is 0 Å². The number of hydrogen-bond acceptors (Lipinski definition) is 5. The molecule has 0 unspecified atom stereocenters. The number of rotatable bonds is 7. The Morgan fingerprint density at radius 1 is 1.25 bits per heavy atom. The molecule has 0 amide bonds. The molecule has 0 spiro atoms. The highest BCUT2D eigenvalue weighted by Crippen LogP contribution is 2.38. The standard InChI is InChI=1S/C28H28ClFN6/c1-28(2,3)15-33-25-18(12-31)13-32-27-22(25)10-20(11-23(27)29)35-26(17-4-6-19(30)7-5-17)24-14-36(16-34-24)21-8-9-21/h4-7,10-11,13-14,16,21,26,35H,8-9,15H2,1-3H3,(H,32,33)/t26-/m1/s1/i26D. The van der Waals surface area contributed by atoms with Crippen LogP contribution in [-0.4, -0.2) is 21.1 Å². The molecule has 2 aromatic carbocycles. The third kappa shape index (κ3) is 5.14. The number of nitrogens with one attached hydrogen (secondary N) is 2. The molecule has 1 fully saturated rings. The lowest BCUT2D eigenvalue weighted by atomic mass is 9.96. The molecule has 5 rings (SSSR count). The number of fused-ring (bicyclic) bond motifs is 1. The van der Waals surface area contributed by atoms with E-state index in [4.69, 9.17) is 11.6 Å². The number of aromatic nitrogens is 3. The van der Waals surface area contributed by atoms with Crippen molar-refractivity contribution in [3.63, 3.8) is 0 Å². The highest BCUT2D eigenvalue weighted by atomic mass is 35.5.